The SMILES string of the molecule is CC(C)Oc1cc(N)cc(Nc2ccc(F)cc2)c1. The van der Waals surface area contributed by atoms with Gasteiger partial charge in [-0.05, 0) is 44.2 Å². The van der Waals surface area contributed by atoms with Crippen molar-refractivity contribution in [2.75, 3.05) is 11.1 Å². The van der Waals surface area contributed by atoms with E-state index in [9.17, 15) is 4.39 Å². The number of halogens is 1. The number of benzene rings is 2. The number of nitrogens with one attached hydrogen (secondary N) is 1. The molecule has 100 valence electrons. The molecule has 4 heteroatoms. The minimum absolute atomic E-state index is 0.0838. The molecule has 0 spiro atoms. The summed E-state index contributed by atoms with van der Waals surface area (Å²) in [5.41, 5.74) is 8.05. The lowest BCUT2D eigenvalue weighted by Crippen LogP contribution is -2.06. The first-order valence-electron chi connectivity index (χ1n) is 6.13. The zero-order chi connectivity index (χ0) is 13.8. The fraction of sp³-hybridized carbons (Fsp3) is 0.200. The van der Waals surface area contributed by atoms with Crippen LogP contribution in [0.15, 0.2) is 42.5 Å². The van der Waals surface area contributed by atoms with E-state index in [1.165, 1.54) is 12.1 Å². The molecule has 0 atom stereocenters. The van der Waals surface area contributed by atoms with Crippen molar-refractivity contribution in [3.63, 3.8) is 0 Å². The Hall–Kier alpha value is -2.23. The van der Waals surface area contributed by atoms with Crippen molar-refractivity contribution >= 4 is 17.1 Å². The van der Waals surface area contributed by atoms with Crippen molar-refractivity contribution in [3.05, 3.63) is 48.3 Å². The maximum atomic E-state index is 12.8. The van der Waals surface area contributed by atoms with E-state index in [0.29, 0.717) is 11.4 Å². The van der Waals surface area contributed by atoms with E-state index in [1.54, 1.807) is 24.3 Å². The van der Waals surface area contributed by atoms with Crippen molar-refractivity contribution < 1.29 is 9.13 Å². The highest BCUT2D eigenvalue weighted by Crippen LogP contribution is 2.26. The summed E-state index contributed by atoms with van der Waals surface area (Å²) in [4.78, 5) is 0. The van der Waals surface area contributed by atoms with E-state index >= 15 is 0 Å². The molecule has 0 bridgehead atoms. The molecule has 0 aliphatic carbocycles. The molecule has 0 heterocycles. The van der Waals surface area contributed by atoms with Crippen LogP contribution in [0.3, 0.4) is 0 Å². The van der Waals surface area contributed by atoms with Crippen molar-refractivity contribution in [3.8, 4) is 5.75 Å². The maximum Gasteiger partial charge on any atom is 0.123 e. The molecule has 0 aromatic heterocycles. The Kier molecular flexibility index (Phi) is 3.90. The fourth-order valence-electron chi connectivity index (χ4n) is 1.73. The van der Waals surface area contributed by atoms with Crippen LogP contribution in [0.2, 0.25) is 0 Å². The van der Waals surface area contributed by atoms with Gasteiger partial charge in [-0.25, -0.2) is 4.39 Å². The van der Waals surface area contributed by atoms with Crippen LogP contribution in [0.4, 0.5) is 21.5 Å². The predicted molar refractivity (Wildman–Crippen MR) is 76.3 cm³/mol. The van der Waals surface area contributed by atoms with Crippen LogP contribution >= 0.6 is 0 Å². The molecule has 0 fully saturated rings. The van der Waals surface area contributed by atoms with Crippen LogP contribution in [0.1, 0.15) is 13.8 Å². The lowest BCUT2D eigenvalue weighted by Gasteiger charge is -2.13. The number of rotatable bonds is 4. The van der Waals surface area contributed by atoms with Gasteiger partial charge in [0.2, 0.25) is 0 Å². The minimum Gasteiger partial charge on any atom is -0.491 e. The molecule has 0 saturated carbocycles. The molecule has 0 aliphatic rings. The zero-order valence-electron chi connectivity index (χ0n) is 11.0. The quantitative estimate of drug-likeness (QED) is 0.818. The van der Waals surface area contributed by atoms with Gasteiger partial charge in [0.1, 0.15) is 11.6 Å². The van der Waals surface area contributed by atoms with E-state index in [0.717, 1.165) is 11.4 Å². The van der Waals surface area contributed by atoms with E-state index in [4.69, 9.17) is 10.5 Å². The first-order chi connectivity index (χ1) is 9.02. The van der Waals surface area contributed by atoms with Crippen molar-refractivity contribution in [2.45, 2.75) is 20.0 Å². The van der Waals surface area contributed by atoms with Gasteiger partial charge in [0, 0.05) is 29.2 Å². The van der Waals surface area contributed by atoms with E-state index in [1.807, 2.05) is 19.9 Å². The van der Waals surface area contributed by atoms with E-state index in [-0.39, 0.29) is 11.9 Å². The standard InChI is InChI=1S/C15H17FN2O/c1-10(2)19-15-8-12(17)7-14(9-15)18-13-5-3-11(16)4-6-13/h3-10,18H,17H2,1-2H3. The third-order valence-corrected chi connectivity index (χ3v) is 2.43. The summed E-state index contributed by atoms with van der Waals surface area (Å²) in [5, 5.41) is 3.16. The van der Waals surface area contributed by atoms with Crippen LogP contribution in [0.25, 0.3) is 0 Å². The third kappa shape index (κ3) is 3.88. The van der Waals surface area contributed by atoms with Crippen molar-refractivity contribution in [2.24, 2.45) is 0 Å². The van der Waals surface area contributed by atoms with Gasteiger partial charge in [0.05, 0.1) is 6.10 Å². The second-order valence-electron chi connectivity index (χ2n) is 4.59. The molecule has 0 amide bonds. The number of nitrogens with two attached hydrogens (primary N) is 1. The molecule has 0 radical (unpaired) electrons. The predicted octanol–water partition coefficient (Wildman–Crippen LogP) is 3.94. The Labute approximate surface area is 112 Å². The monoisotopic (exact) mass is 260 g/mol. The van der Waals surface area contributed by atoms with Gasteiger partial charge < -0.3 is 15.8 Å². The number of anilines is 3. The van der Waals surface area contributed by atoms with E-state index < -0.39 is 0 Å². The topological polar surface area (TPSA) is 47.3 Å². The average Bonchev–Trinajstić information content (AvgIpc) is 2.30. The maximum absolute atomic E-state index is 12.8. The smallest absolute Gasteiger partial charge is 0.123 e. The van der Waals surface area contributed by atoms with E-state index in [2.05, 4.69) is 5.32 Å². The van der Waals surface area contributed by atoms with Gasteiger partial charge >= 0.3 is 0 Å². The minimum atomic E-state index is -0.262. The largest absolute Gasteiger partial charge is 0.491 e. The molecule has 2 rings (SSSR count). The van der Waals surface area contributed by atoms with Crippen LogP contribution in [0, 0.1) is 5.82 Å². The second-order valence-corrected chi connectivity index (χ2v) is 4.59. The van der Waals surface area contributed by atoms with Gasteiger partial charge in [-0.2, -0.15) is 0 Å². The first kappa shape index (κ1) is 13.2. The van der Waals surface area contributed by atoms with Crippen LogP contribution in [-0.2, 0) is 0 Å². The molecular formula is C15H17FN2O. The lowest BCUT2D eigenvalue weighted by atomic mass is 10.2. The number of nitrogen functional groups attached to an aromatic ring is 1. The summed E-state index contributed by atoms with van der Waals surface area (Å²) < 4.78 is 18.4. The summed E-state index contributed by atoms with van der Waals surface area (Å²) in [6.45, 7) is 3.91. The fourth-order valence-corrected chi connectivity index (χ4v) is 1.73. The van der Waals surface area contributed by atoms with Crippen molar-refractivity contribution in [1.29, 1.82) is 0 Å². The van der Waals surface area contributed by atoms with Gasteiger partial charge in [0.15, 0.2) is 0 Å². The third-order valence-electron chi connectivity index (χ3n) is 2.43. The molecule has 0 unspecified atom stereocenters. The van der Waals surface area contributed by atoms with Gasteiger partial charge in [-0.1, -0.05) is 0 Å². The first-order valence-corrected chi connectivity index (χ1v) is 6.13. The summed E-state index contributed by atoms with van der Waals surface area (Å²) in [6.07, 6.45) is 0.0838. The Morgan fingerprint density at radius 3 is 2.37 bits per heavy atom. The van der Waals surface area contributed by atoms with Crippen LogP contribution in [0.5, 0.6) is 5.75 Å². The number of hydrogen-bond donors (Lipinski definition) is 2. The molecule has 2 aromatic carbocycles. The normalized spacial score (nSPS) is 10.5. The van der Waals surface area contributed by atoms with Gasteiger partial charge in [0.25, 0.3) is 0 Å². The molecular weight excluding hydrogens is 243 g/mol. The molecule has 19 heavy (non-hydrogen) atoms. The molecule has 0 aliphatic heterocycles. The van der Waals surface area contributed by atoms with Gasteiger partial charge in [-0.3, -0.25) is 0 Å². The number of hydrogen-bond acceptors (Lipinski definition) is 3. The lowest BCUT2D eigenvalue weighted by molar-refractivity contribution is 0.242. The Morgan fingerprint density at radius 1 is 1.05 bits per heavy atom. The second kappa shape index (κ2) is 5.61. The number of ether oxygens (including phenoxy) is 1. The molecule has 3 N–H and O–H groups in total. The van der Waals surface area contributed by atoms with Crippen LogP contribution in [-0.4, -0.2) is 6.10 Å². The Balaban J connectivity index is 2.19. The van der Waals surface area contributed by atoms with Crippen molar-refractivity contribution in [1.82, 2.24) is 0 Å². The molecule has 3 nitrogen and oxygen atoms in total. The summed E-state index contributed by atoms with van der Waals surface area (Å²) in [6, 6.07) is 11.6. The zero-order valence-corrected chi connectivity index (χ0v) is 11.0. The Morgan fingerprint density at radius 2 is 1.74 bits per heavy atom. The summed E-state index contributed by atoms with van der Waals surface area (Å²) in [5.74, 6) is 0.446. The van der Waals surface area contributed by atoms with Gasteiger partial charge in [-0.15, -0.1) is 0 Å². The molecule has 2 aromatic rings. The van der Waals surface area contributed by atoms with Crippen LogP contribution < -0.4 is 15.8 Å². The highest BCUT2D eigenvalue weighted by Gasteiger charge is 2.03. The summed E-state index contributed by atoms with van der Waals surface area (Å²) in [7, 11) is 0. The average molecular weight is 260 g/mol. The molecule has 0 saturated heterocycles. The summed E-state index contributed by atoms with van der Waals surface area (Å²) >= 11 is 0. The Bertz CT molecular complexity index is 553. The highest BCUT2D eigenvalue weighted by atomic mass is 19.1. The highest BCUT2D eigenvalue weighted by molar-refractivity contribution is 5.66.